The minimum atomic E-state index is -3.80. The van der Waals surface area contributed by atoms with Crippen LogP contribution in [-0.2, 0) is 31.3 Å². The van der Waals surface area contributed by atoms with E-state index in [0.717, 1.165) is 11.8 Å². The first kappa shape index (κ1) is 28.9. The van der Waals surface area contributed by atoms with Crippen LogP contribution in [0.15, 0.2) is 47.4 Å². The number of nitrogens with zero attached hydrogens (tertiary/aromatic N) is 2. The molecule has 1 aliphatic heterocycles. The standard InChI is InChI=1S/C25H35N3O7S2/c1-17-6-9-22(10-7-17)37(33,34)27(4)15-24-18(2)14-28(19(3)16-29)25(30)13-20-12-21(26-36(5,31)32)8-11-23(20)35-24/h6-12,18-19,24,26,29H,13-16H2,1-5H3/t18-,19-,24+/m1/s1. The summed E-state index contributed by atoms with van der Waals surface area (Å²) in [4.78, 5) is 15.0. The Balaban J connectivity index is 1.99. The van der Waals surface area contributed by atoms with Crippen LogP contribution in [0.25, 0.3) is 0 Å². The van der Waals surface area contributed by atoms with Crippen LogP contribution in [-0.4, -0.2) is 82.2 Å². The second kappa shape index (κ2) is 11.4. The molecule has 0 spiro atoms. The Hall–Kier alpha value is -2.67. The molecular formula is C25H35N3O7S2. The average Bonchev–Trinajstić information content (AvgIpc) is 2.85. The number of hydrogen-bond donors (Lipinski definition) is 2. The quantitative estimate of drug-likeness (QED) is 0.510. The Kier molecular flexibility index (Phi) is 8.89. The van der Waals surface area contributed by atoms with Gasteiger partial charge in [0.05, 0.1) is 36.8 Å². The van der Waals surface area contributed by atoms with Crippen molar-refractivity contribution in [1.82, 2.24) is 9.21 Å². The van der Waals surface area contributed by atoms with E-state index in [9.17, 15) is 26.7 Å². The van der Waals surface area contributed by atoms with Crippen molar-refractivity contribution >= 4 is 31.6 Å². The van der Waals surface area contributed by atoms with Gasteiger partial charge in [-0.15, -0.1) is 0 Å². The molecular weight excluding hydrogens is 518 g/mol. The molecule has 204 valence electrons. The third-order valence-electron chi connectivity index (χ3n) is 6.39. The summed E-state index contributed by atoms with van der Waals surface area (Å²) >= 11 is 0. The monoisotopic (exact) mass is 553 g/mol. The number of fused-ring (bicyclic) bond motifs is 1. The van der Waals surface area contributed by atoms with Crippen LogP contribution in [0.3, 0.4) is 0 Å². The van der Waals surface area contributed by atoms with Crippen molar-refractivity contribution in [2.24, 2.45) is 5.92 Å². The van der Waals surface area contributed by atoms with Crippen LogP contribution in [0, 0.1) is 12.8 Å². The fraction of sp³-hybridized carbons (Fsp3) is 0.480. The lowest BCUT2D eigenvalue weighted by molar-refractivity contribution is -0.134. The van der Waals surface area contributed by atoms with E-state index in [1.54, 1.807) is 42.2 Å². The maximum Gasteiger partial charge on any atom is 0.242 e. The first-order valence-corrected chi connectivity index (χ1v) is 15.2. The lowest BCUT2D eigenvalue weighted by Gasteiger charge is -2.33. The number of likely N-dealkylation sites (N-methyl/N-ethyl adjacent to an activating group) is 1. The highest BCUT2D eigenvalue weighted by Crippen LogP contribution is 2.30. The van der Waals surface area contributed by atoms with E-state index in [2.05, 4.69) is 4.72 Å². The first-order valence-electron chi connectivity index (χ1n) is 11.9. The van der Waals surface area contributed by atoms with Crippen LogP contribution in [0.5, 0.6) is 5.75 Å². The van der Waals surface area contributed by atoms with Gasteiger partial charge >= 0.3 is 0 Å². The second-order valence-corrected chi connectivity index (χ2v) is 13.5. The van der Waals surface area contributed by atoms with Crippen molar-refractivity contribution in [1.29, 1.82) is 0 Å². The van der Waals surface area contributed by atoms with Crippen molar-refractivity contribution in [3.05, 3.63) is 53.6 Å². The predicted molar refractivity (Wildman–Crippen MR) is 141 cm³/mol. The van der Waals surface area contributed by atoms with E-state index in [4.69, 9.17) is 4.74 Å². The fourth-order valence-corrected chi connectivity index (χ4v) is 5.90. The maximum atomic E-state index is 13.2. The number of hydrogen-bond acceptors (Lipinski definition) is 7. The minimum absolute atomic E-state index is 0.00962. The number of carbonyl (C=O) groups is 1. The van der Waals surface area contributed by atoms with Crippen LogP contribution in [0.2, 0.25) is 0 Å². The number of carbonyl (C=O) groups excluding carboxylic acids is 1. The van der Waals surface area contributed by atoms with Gasteiger partial charge in [0.15, 0.2) is 0 Å². The molecule has 1 amide bonds. The van der Waals surface area contributed by atoms with Crippen LogP contribution in [0.1, 0.15) is 25.0 Å². The van der Waals surface area contributed by atoms with Gasteiger partial charge in [-0.2, -0.15) is 4.31 Å². The van der Waals surface area contributed by atoms with Gasteiger partial charge in [-0.25, -0.2) is 16.8 Å². The molecule has 10 nitrogen and oxygen atoms in total. The number of amides is 1. The fourth-order valence-electron chi connectivity index (χ4n) is 4.17. The third kappa shape index (κ3) is 7.22. The summed E-state index contributed by atoms with van der Waals surface area (Å²) < 4.78 is 59.9. The number of ether oxygens (including phenoxy) is 1. The summed E-state index contributed by atoms with van der Waals surface area (Å²) in [5, 5.41) is 9.76. The smallest absolute Gasteiger partial charge is 0.242 e. The molecule has 0 saturated heterocycles. The van der Waals surface area contributed by atoms with Crippen LogP contribution in [0.4, 0.5) is 5.69 Å². The zero-order chi connectivity index (χ0) is 27.5. The topological polar surface area (TPSA) is 133 Å². The molecule has 3 atom stereocenters. The summed E-state index contributed by atoms with van der Waals surface area (Å²) in [5.74, 6) is -0.187. The molecule has 37 heavy (non-hydrogen) atoms. The van der Waals surface area contributed by atoms with Crippen molar-refractivity contribution in [3.8, 4) is 5.75 Å². The van der Waals surface area contributed by atoms with Gasteiger partial charge in [-0.1, -0.05) is 24.6 Å². The molecule has 0 radical (unpaired) electrons. The number of sulfonamides is 2. The van der Waals surface area contributed by atoms with Gasteiger partial charge in [0, 0.05) is 30.8 Å². The number of rotatable bonds is 8. The van der Waals surface area contributed by atoms with Crippen molar-refractivity contribution in [2.45, 2.75) is 44.2 Å². The average molecular weight is 554 g/mol. The summed E-state index contributed by atoms with van der Waals surface area (Å²) in [6.45, 7) is 5.48. The van der Waals surface area contributed by atoms with E-state index in [1.807, 2.05) is 13.8 Å². The molecule has 12 heteroatoms. The van der Waals surface area contributed by atoms with E-state index in [0.29, 0.717) is 11.3 Å². The molecule has 1 aliphatic rings. The van der Waals surface area contributed by atoms with Crippen LogP contribution < -0.4 is 9.46 Å². The number of anilines is 1. The highest BCUT2D eigenvalue weighted by Gasteiger charge is 2.33. The van der Waals surface area contributed by atoms with Gasteiger partial charge in [-0.05, 0) is 44.2 Å². The van der Waals surface area contributed by atoms with Gasteiger partial charge < -0.3 is 14.7 Å². The van der Waals surface area contributed by atoms with Crippen molar-refractivity contribution < 1.29 is 31.5 Å². The Labute approximate surface area is 219 Å². The third-order valence-corrected chi connectivity index (χ3v) is 8.83. The maximum absolute atomic E-state index is 13.2. The number of aryl methyl sites for hydroxylation is 1. The van der Waals surface area contributed by atoms with Crippen molar-refractivity contribution in [3.63, 3.8) is 0 Å². The summed E-state index contributed by atoms with van der Waals surface area (Å²) in [5.41, 5.74) is 1.68. The Morgan fingerprint density at radius 3 is 2.41 bits per heavy atom. The number of aliphatic hydroxyl groups is 1. The van der Waals surface area contributed by atoms with Gasteiger partial charge in [0.1, 0.15) is 11.9 Å². The predicted octanol–water partition coefficient (Wildman–Crippen LogP) is 1.84. The Bertz CT molecular complexity index is 1330. The molecule has 0 unspecified atom stereocenters. The minimum Gasteiger partial charge on any atom is -0.488 e. The molecule has 3 rings (SSSR count). The molecule has 0 bridgehead atoms. The van der Waals surface area contributed by atoms with E-state index < -0.39 is 32.2 Å². The van der Waals surface area contributed by atoms with Gasteiger partial charge in [0.2, 0.25) is 26.0 Å². The summed E-state index contributed by atoms with van der Waals surface area (Å²) in [7, 11) is -5.86. The van der Waals surface area contributed by atoms with Gasteiger partial charge in [-0.3, -0.25) is 9.52 Å². The van der Waals surface area contributed by atoms with E-state index in [1.165, 1.54) is 23.5 Å². The molecule has 2 N–H and O–H groups in total. The Morgan fingerprint density at radius 2 is 1.81 bits per heavy atom. The summed E-state index contributed by atoms with van der Waals surface area (Å²) in [6, 6.07) is 10.8. The Morgan fingerprint density at radius 1 is 1.16 bits per heavy atom. The first-order chi connectivity index (χ1) is 17.2. The second-order valence-electron chi connectivity index (χ2n) is 9.68. The van der Waals surface area contributed by atoms with Gasteiger partial charge in [0.25, 0.3) is 0 Å². The van der Waals surface area contributed by atoms with Crippen LogP contribution >= 0.6 is 0 Å². The number of benzene rings is 2. The lowest BCUT2D eigenvalue weighted by atomic mass is 10.0. The zero-order valence-electron chi connectivity index (χ0n) is 21.7. The molecule has 0 aliphatic carbocycles. The molecule has 0 aromatic heterocycles. The highest BCUT2D eigenvalue weighted by molar-refractivity contribution is 7.92. The normalized spacial score (nSPS) is 19.9. The molecule has 0 saturated carbocycles. The number of nitrogens with one attached hydrogen (secondary N) is 1. The largest absolute Gasteiger partial charge is 0.488 e. The van der Waals surface area contributed by atoms with E-state index >= 15 is 0 Å². The van der Waals surface area contributed by atoms with E-state index in [-0.39, 0.29) is 48.5 Å². The number of aliphatic hydroxyl groups excluding tert-OH is 1. The van der Waals surface area contributed by atoms with Crippen molar-refractivity contribution in [2.75, 3.05) is 37.7 Å². The SMILES string of the molecule is Cc1ccc(S(=O)(=O)N(C)C[C@@H]2Oc3ccc(NS(C)(=O)=O)cc3CC(=O)N([C@H](C)CO)C[C@H]2C)cc1. The molecule has 2 aromatic carbocycles. The lowest BCUT2D eigenvalue weighted by Crippen LogP contribution is -2.48. The molecule has 0 fully saturated rings. The molecule has 1 heterocycles. The highest BCUT2D eigenvalue weighted by atomic mass is 32.2. The summed E-state index contributed by atoms with van der Waals surface area (Å²) in [6.07, 6.45) is 0.316. The zero-order valence-corrected chi connectivity index (χ0v) is 23.3. The molecule has 2 aromatic rings.